The molecule has 0 saturated heterocycles. The third-order valence-electron chi connectivity index (χ3n) is 2.53. The lowest BCUT2D eigenvalue weighted by Crippen LogP contribution is -2.03. The molecule has 1 N–H and O–H groups in total. The average Bonchev–Trinajstić information content (AvgIpc) is 2.41. The Bertz CT molecular complexity index is 542. The summed E-state index contributed by atoms with van der Waals surface area (Å²) in [5, 5.41) is 3.10. The molecule has 5 nitrogen and oxygen atoms in total. The van der Waals surface area contributed by atoms with Gasteiger partial charge in [-0.1, -0.05) is 0 Å². The van der Waals surface area contributed by atoms with Gasteiger partial charge in [-0.25, -0.2) is 9.97 Å². The van der Waals surface area contributed by atoms with Crippen LogP contribution < -0.4 is 10.1 Å². The van der Waals surface area contributed by atoms with Gasteiger partial charge in [-0.2, -0.15) is 0 Å². The Morgan fingerprint density at radius 1 is 1.28 bits per heavy atom. The van der Waals surface area contributed by atoms with Gasteiger partial charge < -0.3 is 10.1 Å². The number of rotatable bonds is 4. The Labute approximate surface area is 106 Å². The van der Waals surface area contributed by atoms with Crippen LogP contribution in [0.5, 0.6) is 5.75 Å². The molecule has 0 saturated carbocycles. The number of anilines is 1. The van der Waals surface area contributed by atoms with E-state index in [0.717, 1.165) is 29.1 Å². The normalized spacial score (nSPS) is 10.2. The minimum absolute atomic E-state index is 0.626. The van der Waals surface area contributed by atoms with E-state index in [1.165, 1.54) is 0 Å². The molecule has 0 aliphatic rings. The van der Waals surface area contributed by atoms with E-state index in [1.807, 2.05) is 19.9 Å². The van der Waals surface area contributed by atoms with E-state index in [-0.39, 0.29) is 0 Å². The fourth-order valence-corrected chi connectivity index (χ4v) is 1.64. The van der Waals surface area contributed by atoms with Crippen LogP contribution in [0.2, 0.25) is 0 Å². The van der Waals surface area contributed by atoms with E-state index >= 15 is 0 Å². The van der Waals surface area contributed by atoms with Crippen LogP contribution in [0.1, 0.15) is 12.5 Å². The summed E-state index contributed by atoms with van der Waals surface area (Å²) in [7, 11) is 1.62. The monoisotopic (exact) mass is 244 g/mol. The molecule has 2 aromatic rings. The first-order valence-corrected chi connectivity index (χ1v) is 5.81. The molecule has 2 rings (SSSR count). The van der Waals surface area contributed by atoms with Crippen LogP contribution in [-0.4, -0.2) is 28.6 Å². The van der Waals surface area contributed by atoms with Crippen LogP contribution in [-0.2, 0) is 0 Å². The fraction of sp³-hybridized carbons (Fsp3) is 0.308. The molecule has 0 aromatic carbocycles. The second-order valence-corrected chi connectivity index (χ2v) is 3.87. The highest BCUT2D eigenvalue weighted by atomic mass is 16.5. The van der Waals surface area contributed by atoms with Crippen molar-refractivity contribution in [2.75, 3.05) is 19.0 Å². The first kappa shape index (κ1) is 12.3. The maximum atomic E-state index is 5.17. The number of aryl methyl sites for hydroxylation is 1. The first-order valence-electron chi connectivity index (χ1n) is 5.81. The van der Waals surface area contributed by atoms with Gasteiger partial charge in [0.15, 0.2) is 0 Å². The van der Waals surface area contributed by atoms with Crippen molar-refractivity contribution in [3.8, 4) is 17.0 Å². The van der Waals surface area contributed by atoms with Gasteiger partial charge in [-0.15, -0.1) is 0 Å². The van der Waals surface area contributed by atoms with Gasteiger partial charge >= 0.3 is 0 Å². The molecule has 0 spiro atoms. The number of hydrogen-bond acceptors (Lipinski definition) is 5. The minimum Gasteiger partial charge on any atom is -0.495 e. The van der Waals surface area contributed by atoms with Crippen molar-refractivity contribution in [2.24, 2.45) is 0 Å². The molecule has 0 radical (unpaired) electrons. The number of methoxy groups -OCH3 is 1. The molecule has 2 heterocycles. The third-order valence-corrected chi connectivity index (χ3v) is 2.53. The summed E-state index contributed by atoms with van der Waals surface area (Å²) >= 11 is 0. The van der Waals surface area contributed by atoms with Crippen molar-refractivity contribution in [2.45, 2.75) is 13.8 Å². The Morgan fingerprint density at radius 2 is 2.11 bits per heavy atom. The Hall–Kier alpha value is -2.17. The highest BCUT2D eigenvalue weighted by Crippen LogP contribution is 2.24. The second-order valence-electron chi connectivity index (χ2n) is 3.87. The van der Waals surface area contributed by atoms with Crippen LogP contribution in [0.25, 0.3) is 11.3 Å². The number of hydrogen-bond donors (Lipinski definition) is 1. The van der Waals surface area contributed by atoms with Gasteiger partial charge in [0.05, 0.1) is 19.0 Å². The van der Waals surface area contributed by atoms with Crippen molar-refractivity contribution >= 4 is 5.95 Å². The summed E-state index contributed by atoms with van der Waals surface area (Å²) in [6.07, 6.45) is 5.25. The van der Waals surface area contributed by atoms with Crippen molar-refractivity contribution in [1.29, 1.82) is 0 Å². The predicted molar refractivity (Wildman–Crippen MR) is 70.7 cm³/mol. The molecule has 0 amide bonds. The van der Waals surface area contributed by atoms with E-state index in [1.54, 1.807) is 25.7 Å². The summed E-state index contributed by atoms with van der Waals surface area (Å²) in [5.41, 5.74) is 2.80. The minimum atomic E-state index is 0.626. The van der Waals surface area contributed by atoms with E-state index in [2.05, 4.69) is 20.3 Å². The summed E-state index contributed by atoms with van der Waals surface area (Å²) in [6, 6.07) is 1.91. The van der Waals surface area contributed by atoms with Gasteiger partial charge in [-0.05, 0) is 25.5 Å². The van der Waals surface area contributed by atoms with Crippen molar-refractivity contribution in [3.63, 3.8) is 0 Å². The van der Waals surface area contributed by atoms with Crippen molar-refractivity contribution in [3.05, 3.63) is 30.2 Å². The highest BCUT2D eigenvalue weighted by molar-refractivity contribution is 5.64. The molecule has 0 aliphatic carbocycles. The standard InChI is InChI=1S/C13H16N4O/c1-4-15-13-16-6-9(2)12(17-13)10-5-11(18-3)8-14-7-10/h5-8H,4H2,1-3H3,(H,15,16,17). The molecule has 94 valence electrons. The zero-order valence-electron chi connectivity index (χ0n) is 10.8. The largest absolute Gasteiger partial charge is 0.495 e. The maximum absolute atomic E-state index is 5.17. The number of nitrogens with one attached hydrogen (secondary N) is 1. The summed E-state index contributed by atoms with van der Waals surface area (Å²) in [4.78, 5) is 12.9. The van der Waals surface area contributed by atoms with Gasteiger partial charge in [0.25, 0.3) is 0 Å². The van der Waals surface area contributed by atoms with Gasteiger partial charge in [-0.3, -0.25) is 4.98 Å². The molecule has 0 unspecified atom stereocenters. The Kier molecular flexibility index (Phi) is 3.72. The van der Waals surface area contributed by atoms with Gasteiger partial charge in [0, 0.05) is 24.5 Å². The van der Waals surface area contributed by atoms with Crippen molar-refractivity contribution in [1.82, 2.24) is 15.0 Å². The van der Waals surface area contributed by atoms with Crippen LogP contribution in [0.15, 0.2) is 24.7 Å². The molecule has 2 aromatic heterocycles. The molecule has 0 atom stereocenters. The molecule has 0 fully saturated rings. The summed E-state index contributed by atoms with van der Waals surface area (Å²) in [5.74, 6) is 1.34. The molecular weight excluding hydrogens is 228 g/mol. The molecule has 18 heavy (non-hydrogen) atoms. The van der Waals surface area contributed by atoms with E-state index in [0.29, 0.717) is 5.95 Å². The van der Waals surface area contributed by atoms with Crippen LogP contribution >= 0.6 is 0 Å². The lowest BCUT2D eigenvalue weighted by molar-refractivity contribution is 0.413. The van der Waals surface area contributed by atoms with E-state index in [4.69, 9.17) is 4.74 Å². The SMILES string of the molecule is CCNc1ncc(C)c(-c2cncc(OC)c2)n1. The maximum Gasteiger partial charge on any atom is 0.223 e. The summed E-state index contributed by atoms with van der Waals surface area (Å²) in [6.45, 7) is 4.78. The second kappa shape index (κ2) is 5.44. The van der Waals surface area contributed by atoms with Crippen LogP contribution in [0, 0.1) is 6.92 Å². The molecular formula is C13H16N4O. The molecule has 5 heteroatoms. The smallest absolute Gasteiger partial charge is 0.223 e. The van der Waals surface area contributed by atoms with Crippen molar-refractivity contribution < 1.29 is 4.74 Å². The Balaban J connectivity index is 2.44. The van der Waals surface area contributed by atoms with Gasteiger partial charge in [0.1, 0.15) is 5.75 Å². The number of aromatic nitrogens is 3. The highest BCUT2D eigenvalue weighted by Gasteiger charge is 2.07. The van der Waals surface area contributed by atoms with Gasteiger partial charge in [0.2, 0.25) is 5.95 Å². The van der Waals surface area contributed by atoms with Crippen LogP contribution in [0.4, 0.5) is 5.95 Å². The third kappa shape index (κ3) is 2.56. The average molecular weight is 244 g/mol. The Morgan fingerprint density at radius 3 is 2.83 bits per heavy atom. The lowest BCUT2D eigenvalue weighted by Gasteiger charge is -2.08. The number of pyridine rings is 1. The predicted octanol–water partition coefficient (Wildman–Crippen LogP) is 2.29. The van der Waals surface area contributed by atoms with Crippen LogP contribution in [0.3, 0.4) is 0 Å². The number of nitrogens with zero attached hydrogens (tertiary/aromatic N) is 3. The quantitative estimate of drug-likeness (QED) is 0.894. The zero-order valence-corrected chi connectivity index (χ0v) is 10.8. The number of ether oxygens (including phenoxy) is 1. The topological polar surface area (TPSA) is 59.9 Å². The summed E-state index contributed by atoms with van der Waals surface area (Å²) < 4.78 is 5.17. The fourth-order valence-electron chi connectivity index (χ4n) is 1.64. The van der Waals surface area contributed by atoms with E-state index in [9.17, 15) is 0 Å². The first-order chi connectivity index (χ1) is 8.74. The molecule has 0 aliphatic heterocycles. The molecule has 0 bridgehead atoms. The zero-order chi connectivity index (χ0) is 13.0. The lowest BCUT2D eigenvalue weighted by atomic mass is 10.1. The van der Waals surface area contributed by atoms with E-state index < -0.39 is 0 Å².